The van der Waals surface area contributed by atoms with Crippen LogP contribution in [0.1, 0.15) is 44.0 Å². The number of imide groups is 1. The molecule has 1 aliphatic rings. The van der Waals surface area contributed by atoms with Gasteiger partial charge < -0.3 is 15.1 Å². The highest BCUT2D eigenvalue weighted by Crippen LogP contribution is 2.34. The fraction of sp³-hybridized carbons (Fsp3) is 0.414. The minimum absolute atomic E-state index is 0.0112. The number of amides is 5. The first-order valence-electron chi connectivity index (χ1n) is 13.7. The predicted molar refractivity (Wildman–Crippen MR) is 157 cm³/mol. The van der Waals surface area contributed by atoms with E-state index in [0.29, 0.717) is 30.8 Å². The van der Waals surface area contributed by atoms with Crippen LogP contribution in [0.4, 0.5) is 5.82 Å². The number of thiazole rings is 1. The van der Waals surface area contributed by atoms with Gasteiger partial charge in [0.25, 0.3) is 11.8 Å². The lowest BCUT2D eigenvalue weighted by Gasteiger charge is -2.23. The number of aromatic nitrogens is 2. The summed E-state index contributed by atoms with van der Waals surface area (Å²) in [6, 6.07) is 7.75. The Balaban J connectivity index is 1.24. The van der Waals surface area contributed by atoms with Crippen molar-refractivity contribution in [2.75, 3.05) is 39.0 Å². The number of aryl methyl sites for hydroxylation is 1. The number of pyridine rings is 1. The van der Waals surface area contributed by atoms with E-state index in [2.05, 4.69) is 17.2 Å². The van der Waals surface area contributed by atoms with Crippen LogP contribution < -0.4 is 5.32 Å². The molecule has 0 bridgehead atoms. The molecule has 12 heteroatoms. The van der Waals surface area contributed by atoms with Crippen molar-refractivity contribution in [3.05, 3.63) is 41.4 Å². The Kier molecular flexibility index (Phi) is 9.77. The van der Waals surface area contributed by atoms with E-state index in [4.69, 9.17) is 4.98 Å². The molecule has 0 saturated carbocycles. The van der Waals surface area contributed by atoms with Gasteiger partial charge in [-0.05, 0) is 25.3 Å². The van der Waals surface area contributed by atoms with Crippen LogP contribution in [0.2, 0.25) is 0 Å². The number of likely N-dealkylation sites (N-methyl/N-ethyl adjacent to an activating group) is 2. The van der Waals surface area contributed by atoms with Crippen LogP contribution in [0, 0.1) is 0 Å². The molecule has 1 N–H and O–H groups in total. The Morgan fingerprint density at radius 2 is 1.59 bits per heavy atom. The summed E-state index contributed by atoms with van der Waals surface area (Å²) >= 11 is 1.61. The first-order chi connectivity index (χ1) is 19.7. The Hall–Kier alpha value is -4.19. The van der Waals surface area contributed by atoms with Gasteiger partial charge in [0.15, 0.2) is 5.82 Å². The second kappa shape index (κ2) is 13.4. The molecule has 0 radical (unpaired) electrons. The third-order valence-corrected chi connectivity index (χ3v) is 8.01. The second-order valence-corrected chi connectivity index (χ2v) is 11.0. The number of nitrogens with zero attached hydrogens (tertiary/aromatic N) is 5. The van der Waals surface area contributed by atoms with Crippen LogP contribution in [-0.4, -0.2) is 87.9 Å². The maximum absolute atomic E-state index is 12.8. The number of carbonyl (C=O) groups is 5. The largest absolute Gasteiger partial charge is 0.344 e. The SMILES string of the molecule is CCCc1nc2c(NC(=O)CCC(=O)N(C)CCN(C)C(=O)CCCN3C(=O)C=CC3=O)nc3ccccc3c2s1. The van der Waals surface area contributed by atoms with E-state index < -0.39 is 0 Å². The molecule has 0 unspecified atom stereocenters. The molecule has 1 aromatic carbocycles. The molecule has 3 heterocycles. The number of fused-ring (bicyclic) bond motifs is 3. The molecular weight excluding hydrogens is 544 g/mol. The molecule has 4 rings (SSSR count). The Morgan fingerprint density at radius 3 is 2.27 bits per heavy atom. The highest BCUT2D eigenvalue weighted by atomic mass is 32.1. The third-order valence-electron chi connectivity index (χ3n) is 6.86. The van der Waals surface area contributed by atoms with Gasteiger partial charge >= 0.3 is 0 Å². The lowest BCUT2D eigenvalue weighted by atomic mass is 10.2. The summed E-state index contributed by atoms with van der Waals surface area (Å²) in [5, 5.41) is 4.84. The van der Waals surface area contributed by atoms with Gasteiger partial charge in [-0.3, -0.25) is 28.9 Å². The van der Waals surface area contributed by atoms with Crippen LogP contribution in [0.15, 0.2) is 36.4 Å². The smallest absolute Gasteiger partial charge is 0.253 e. The molecule has 0 spiro atoms. The van der Waals surface area contributed by atoms with E-state index in [1.807, 2.05) is 24.3 Å². The summed E-state index contributed by atoms with van der Waals surface area (Å²) in [6.45, 7) is 2.91. The molecule has 0 saturated heterocycles. The van der Waals surface area contributed by atoms with Gasteiger partial charge in [0.1, 0.15) is 5.52 Å². The quantitative estimate of drug-likeness (QED) is 0.308. The van der Waals surface area contributed by atoms with Crippen LogP contribution in [0.25, 0.3) is 21.1 Å². The monoisotopic (exact) mass is 578 g/mol. The van der Waals surface area contributed by atoms with Crippen molar-refractivity contribution >= 4 is 67.8 Å². The van der Waals surface area contributed by atoms with Crippen molar-refractivity contribution in [1.29, 1.82) is 0 Å². The predicted octanol–water partition coefficient (Wildman–Crippen LogP) is 3.14. The van der Waals surface area contributed by atoms with Gasteiger partial charge in [0.2, 0.25) is 17.7 Å². The molecule has 0 aliphatic carbocycles. The molecule has 0 fully saturated rings. The summed E-state index contributed by atoms with van der Waals surface area (Å²) < 4.78 is 0.985. The fourth-order valence-corrected chi connectivity index (χ4v) is 5.64. The zero-order chi connectivity index (χ0) is 29.5. The lowest BCUT2D eigenvalue weighted by Crippen LogP contribution is -2.38. The van der Waals surface area contributed by atoms with E-state index in [-0.39, 0.29) is 55.3 Å². The number of benzene rings is 1. The highest BCUT2D eigenvalue weighted by molar-refractivity contribution is 7.19. The summed E-state index contributed by atoms with van der Waals surface area (Å²) in [5.74, 6) is -1.01. The van der Waals surface area contributed by atoms with Gasteiger partial charge in [0.05, 0.1) is 15.2 Å². The minimum Gasteiger partial charge on any atom is -0.344 e. The normalized spacial score (nSPS) is 12.9. The van der Waals surface area contributed by atoms with Crippen LogP contribution in [-0.2, 0) is 30.4 Å². The summed E-state index contributed by atoms with van der Waals surface area (Å²) in [4.78, 5) is 74.6. The third kappa shape index (κ3) is 7.31. The van der Waals surface area contributed by atoms with E-state index in [1.165, 1.54) is 22.0 Å². The van der Waals surface area contributed by atoms with Crippen molar-refractivity contribution in [1.82, 2.24) is 24.7 Å². The van der Waals surface area contributed by atoms with Crippen molar-refractivity contribution in [2.24, 2.45) is 0 Å². The molecule has 216 valence electrons. The van der Waals surface area contributed by atoms with Gasteiger partial charge in [-0.15, -0.1) is 11.3 Å². The summed E-state index contributed by atoms with van der Waals surface area (Å²) in [5.41, 5.74) is 1.43. The fourth-order valence-electron chi connectivity index (χ4n) is 4.44. The zero-order valence-electron chi connectivity index (χ0n) is 23.5. The van der Waals surface area contributed by atoms with Crippen molar-refractivity contribution < 1.29 is 24.0 Å². The maximum Gasteiger partial charge on any atom is 0.253 e. The maximum atomic E-state index is 12.8. The van der Waals surface area contributed by atoms with Gasteiger partial charge in [-0.1, -0.05) is 25.1 Å². The molecule has 2 aromatic heterocycles. The Labute approximate surface area is 242 Å². The van der Waals surface area contributed by atoms with E-state index in [1.54, 1.807) is 25.4 Å². The Morgan fingerprint density at radius 1 is 0.927 bits per heavy atom. The van der Waals surface area contributed by atoms with Gasteiger partial charge in [0, 0.05) is 70.5 Å². The van der Waals surface area contributed by atoms with Crippen LogP contribution in [0.5, 0.6) is 0 Å². The minimum atomic E-state index is -0.365. The standard InChI is InChI=1S/C29H34N6O5S/c1-4-8-22-32-27-28(41-22)19-9-5-6-10-20(19)30-29(27)31-21(36)12-13-24(38)34(3)18-17-33(2)23(37)11-7-16-35-25(39)14-15-26(35)40/h5-6,9-10,14-15H,4,7-8,11-13,16-18H2,1-3H3,(H,30,31,36). The number of hydrogen-bond acceptors (Lipinski definition) is 8. The molecule has 0 atom stereocenters. The number of nitrogens with one attached hydrogen (secondary N) is 1. The van der Waals surface area contributed by atoms with E-state index >= 15 is 0 Å². The number of rotatable bonds is 13. The summed E-state index contributed by atoms with van der Waals surface area (Å²) in [7, 11) is 3.28. The summed E-state index contributed by atoms with van der Waals surface area (Å²) in [6.07, 6.45) is 4.80. The first kappa shape index (κ1) is 29.8. The number of para-hydroxylation sites is 1. The molecule has 11 nitrogen and oxygen atoms in total. The van der Waals surface area contributed by atoms with Gasteiger partial charge in [-0.25, -0.2) is 9.97 Å². The highest BCUT2D eigenvalue weighted by Gasteiger charge is 2.23. The lowest BCUT2D eigenvalue weighted by molar-refractivity contribution is -0.138. The second-order valence-electron chi connectivity index (χ2n) is 9.96. The Bertz CT molecular complexity index is 1500. The zero-order valence-corrected chi connectivity index (χ0v) is 24.3. The average molecular weight is 579 g/mol. The van der Waals surface area contributed by atoms with E-state index in [9.17, 15) is 24.0 Å². The molecular formula is C29H34N6O5S. The van der Waals surface area contributed by atoms with Crippen molar-refractivity contribution in [3.8, 4) is 0 Å². The number of carbonyl (C=O) groups excluding carboxylic acids is 5. The van der Waals surface area contributed by atoms with Crippen LogP contribution >= 0.6 is 11.3 Å². The number of anilines is 1. The van der Waals surface area contributed by atoms with Crippen LogP contribution in [0.3, 0.4) is 0 Å². The van der Waals surface area contributed by atoms with Crippen molar-refractivity contribution in [3.63, 3.8) is 0 Å². The van der Waals surface area contributed by atoms with Gasteiger partial charge in [-0.2, -0.15) is 0 Å². The average Bonchev–Trinajstić information content (AvgIpc) is 3.53. The molecule has 5 amide bonds. The number of hydrogen-bond donors (Lipinski definition) is 1. The first-order valence-corrected chi connectivity index (χ1v) is 14.5. The van der Waals surface area contributed by atoms with Crippen molar-refractivity contribution in [2.45, 2.75) is 45.4 Å². The topological polar surface area (TPSA) is 133 Å². The molecule has 41 heavy (non-hydrogen) atoms. The molecule has 3 aromatic rings. The van der Waals surface area contributed by atoms with E-state index in [0.717, 1.165) is 38.4 Å². The molecule has 1 aliphatic heterocycles.